The molecule has 0 bridgehead atoms. The van der Waals surface area contributed by atoms with E-state index < -0.39 is 0 Å². The summed E-state index contributed by atoms with van der Waals surface area (Å²) in [4.78, 5) is 2.32. The molecule has 0 saturated heterocycles. The fourth-order valence-electron chi connectivity index (χ4n) is 1.67. The van der Waals surface area contributed by atoms with Gasteiger partial charge >= 0.3 is 0 Å². The second kappa shape index (κ2) is 6.66. The molecule has 0 amide bonds. The van der Waals surface area contributed by atoms with Crippen molar-refractivity contribution in [1.29, 1.82) is 0 Å². The lowest BCUT2D eigenvalue weighted by Crippen LogP contribution is -2.27. The molecule has 0 aliphatic heterocycles. The summed E-state index contributed by atoms with van der Waals surface area (Å²) in [6.07, 6.45) is 3.86. The second-order valence-corrected chi connectivity index (χ2v) is 4.67. The Morgan fingerprint density at radius 1 is 1.19 bits per heavy atom. The van der Waals surface area contributed by atoms with Gasteiger partial charge in [-0.2, -0.15) is 0 Å². The van der Waals surface area contributed by atoms with E-state index in [1.807, 2.05) is 12.2 Å². The van der Waals surface area contributed by atoms with Crippen molar-refractivity contribution in [2.24, 2.45) is 0 Å². The Hall–Kier alpha value is -0.860. The lowest BCUT2D eigenvalue weighted by Gasteiger charge is -2.27. The minimum Gasteiger partial charge on any atom is -0.289 e. The van der Waals surface area contributed by atoms with E-state index in [1.54, 1.807) is 0 Å². The fraction of sp³-hybridized carbons (Fsp3) is 0.286. The minimum atomic E-state index is 0.379. The van der Waals surface area contributed by atoms with Gasteiger partial charge in [0, 0.05) is 23.6 Å². The van der Waals surface area contributed by atoms with E-state index in [9.17, 15) is 0 Å². The van der Waals surface area contributed by atoms with Crippen LogP contribution in [0.15, 0.2) is 54.0 Å². The zero-order valence-electron chi connectivity index (χ0n) is 9.70. The molecule has 0 aliphatic carbocycles. The first kappa shape index (κ1) is 13.2. The first-order valence-electron chi connectivity index (χ1n) is 5.40. The molecule has 0 N–H and O–H groups in total. The number of nitrogens with zero attached hydrogens (tertiary/aromatic N) is 1. The van der Waals surface area contributed by atoms with Gasteiger partial charge in [-0.15, -0.1) is 13.2 Å². The van der Waals surface area contributed by atoms with Crippen LogP contribution in [0, 0.1) is 0 Å². The summed E-state index contributed by atoms with van der Waals surface area (Å²) >= 11 is 3.45. The van der Waals surface area contributed by atoms with Crippen LogP contribution in [-0.2, 0) is 0 Å². The molecule has 0 heterocycles. The Kier molecular flexibility index (Phi) is 5.50. The third kappa shape index (κ3) is 3.62. The molecule has 86 valence electrons. The number of hydrogen-bond donors (Lipinski definition) is 0. The smallest absolute Gasteiger partial charge is 0.0326 e. The lowest BCUT2D eigenvalue weighted by atomic mass is 10.1. The summed E-state index contributed by atoms with van der Waals surface area (Å²) in [5, 5.41) is 0. The van der Waals surface area contributed by atoms with Crippen LogP contribution in [-0.4, -0.2) is 18.0 Å². The third-order valence-electron chi connectivity index (χ3n) is 2.63. The van der Waals surface area contributed by atoms with E-state index >= 15 is 0 Å². The maximum atomic E-state index is 3.79. The summed E-state index contributed by atoms with van der Waals surface area (Å²) in [7, 11) is 0. The third-order valence-corrected chi connectivity index (χ3v) is 3.16. The van der Waals surface area contributed by atoms with Crippen molar-refractivity contribution in [3.05, 3.63) is 59.6 Å². The van der Waals surface area contributed by atoms with Gasteiger partial charge in [-0.1, -0.05) is 40.2 Å². The van der Waals surface area contributed by atoms with Crippen LogP contribution in [0.25, 0.3) is 0 Å². The van der Waals surface area contributed by atoms with Crippen LogP contribution in [0.1, 0.15) is 18.5 Å². The van der Waals surface area contributed by atoms with Crippen molar-refractivity contribution >= 4 is 15.9 Å². The molecule has 0 aliphatic rings. The molecule has 0 saturated carbocycles. The van der Waals surface area contributed by atoms with Gasteiger partial charge in [-0.3, -0.25) is 4.90 Å². The van der Waals surface area contributed by atoms with Crippen LogP contribution < -0.4 is 0 Å². The van der Waals surface area contributed by atoms with Crippen molar-refractivity contribution in [2.75, 3.05) is 13.1 Å². The molecule has 0 fully saturated rings. The molecule has 2 heteroatoms. The Morgan fingerprint density at radius 3 is 2.12 bits per heavy atom. The minimum absolute atomic E-state index is 0.379. The predicted octanol–water partition coefficient (Wildman–Crippen LogP) is 4.18. The highest BCUT2D eigenvalue weighted by Gasteiger charge is 2.12. The molecule has 0 spiro atoms. The average Bonchev–Trinajstić information content (AvgIpc) is 2.29. The van der Waals surface area contributed by atoms with Gasteiger partial charge in [-0.25, -0.2) is 0 Å². The molecule has 1 rings (SSSR count). The van der Waals surface area contributed by atoms with Gasteiger partial charge in [0.15, 0.2) is 0 Å². The van der Waals surface area contributed by atoms with Crippen molar-refractivity contribution in [2.45, 2.75) is 13.0 Å². The highest BCUT2D eigenvalue weighted by atomic mass is 79.9. The maximum absolute atomic E-state index is 3.79. The normalized spacial score (nSPS) is 12.4. The monoisotopic (exact) mass is 279 g/mol. The zero-order valence-corrected chi connectivity index (χ0v) is 11.3. The molecule has 1 nitrogen and oxygen atoms in total. The molecule has 0 aromatic heterocycles. The van der Waals surface area contributed by atoms with E-state index in [0.717, 1.165) is 17.6 Å². The van der Waals surface area contributed by atoms with E-state index in [0.29, 0.717) is 6.04 Å². The van der Waals surface area contributed by atoms with Gasteiger partial charge in [0.2, 0.25) is 0 Å². The van der Waals surface area contributed by atoms with Crippen LogP contribution in [0.5, 0.6) is 0 Å². The van der Waals surface area contributed by atoms with E-state index in [-0.39, 0.29) is 0 Å². The van der Waals surface area contributed by atoms with Gasteiger partial charge in [-0.05, 0) is 24.6 Å². The average molecular weight is 280 g/mol. The molecule has 16 heavy (non-hydrogen) atoms. The maximum Gasteiger partial charge on any atom is 0.0326 e. The number of benzene rings is 1. The van der Waals surface area contributed by atoms with Gasteiger partial charge in [0.05, 0.1) is 0 Å². The Labute approximate surface area is 107 Å². The first-order valence-corrected chi connectivity index (χ1v) is 6.19. The standard InChI is InChI=1S/C14H18BrN/c1-4-10-16(11-5-2)12(3)13-6-8-14(15)9-7-13/h4-9,12H,1-2,10-11H2,3H3/t12-/m1/s1. The van der Waals surface area contributed by atoms with Crippen LogP contribution in [0.3, 0.4) is 0 Å². The predicted molar refractivity (Wildman–Crippen MR) is 74.5 cm³/mol. The van der Waals surface area contributed by atoms with Crippen molar-refractivity contribution in [1.82, 2.24) is 4.90 Å². The van der Waals surface area contributed by atoms with E-state index in [4.69, 9.17) is 0 Å². The molecule has 1 aromatic rings. The summed E-state index contributed by atoms with van der Waals surface area (Å²) in [5.74, 6) is 0. The summed E-state index contributed by atoms with van der Waals surface area (Å²) < 4.78 is 1.11. The number of rotatable bonds is 6. The topological polar surface area (TPSA) is 3.24 Å². The van der Waals surface area contributed by atoms with Crippen LogP contribution in [0.4, 0.5) is 0 Å². The molecule has 1 aromatic carbocycles. The highest BCUT2D eigenvalue weighted by molar-refractivity contribution is 9.10. The quantitative estimate of drug-likeness (QED) is 0.706. The largest absolute Gasteiger partial charge is 0.289 e. The second-order valence-electron chi connectivity index (χ2n) is 3.76. The van der Waals surface area contributed by atoms with Gasteiger partial charge in [0.25, 0.3) is 0 Å². The van der Waals surface area contributed by atoms with Crippen molar-refractivity contribution < 1.29 is 0 Å². The van der Waals surface area contributed by atoms with Crippen molar-refractivity contribution in [3.8, 4) is 0 Å². The number of halogens is 1. The summed E-state index contributed by atoms with van der Waals surface area (Å²) in [6.45, 7) is 11.5. The van der Waals surface area contributed by atoms with Gasteiger partial charge in [0.1, 0.15) is 0 Å². The van der Waals surface area contributed by atoms with Gasteiger partial charge < -0.3 is 0 Å². The first-order chi connectivity index (χ1) is 7.69. The van der Waals surface area contributed by atoms with Crippen LogP contribution in [0.2, 0.25) is 0 Å². The molecule has 1 atom stereocenters. The Balaban J connectivity index is 2.79. The Morgan fingerprint density at radius 2 is 1.69 bits per heavy atom. The molecular weight excluding hydrogens is 262 g/mol. The van der Waals surface area contributed by atoms with E-state index in [2.05, 4.69) is 65.2 Å². The van der Waals surface area contributed by atoms with E-state index in [1.165, 1.54) is 5.56 Å². The lowest BCUT2D eigenvalue weighted by molar-refractivity contribution is 0.260. The van der Waals surface area contributed by atoms with Crippen molar-refractivity contribution in [3.63, 3.8) is 0 Å². The van der Waals surface area contributed by atoms with Crippen LogP contribution >= 0.6 is 15.9 Å². The molecule has 0 unspecified atom stereocenters. The molecular formula is C14H18BrN. The number of hydrogen-bond acceptors (Lipinski definition) is 1. The summed E-state index contributed by atoms with van der Waals surface area (Å²) in [5.41, 5.74) is 1.31. The fourth-order valence-corrected chi connectivity index (χ4v) is 1.94. The SMILES string of the molecule is C=CCN(CC=C)[C@H](C)c1ccc(Br)cc1. The summed E-state index contributed by atoms with van der Waals surface area (Å²) in [6, 6.07) is 8.82. The highest BCUT2D eigenvalue weighted by Crippen LogP contribution is 2.21. The zero-order chi connectivity index (χ0) is 12.0. The molecule has 0 radical (unpaired) electrons. The Bertz CT molecular complexity index is 332.